The summed E-state index contributed by atoms with van der Waals surface area (Å²) in [4.78, 5) is 2.69. The molecule has 1 aliphatic heterocycles. The molecule has 122 valence electrons. The van der Waals surface area contributed by atoms with Crippen molar-refractivity contribution in [2.45, 2.75) is 77.6 Å². The summed E-state index contributed by atoms with van der Waals surface area (Å²) in [6.45, 7) is 6.51. The zero-order valence-electron chi connectivity index (χ0n) is 14.1. The van der Waals surface area contributed by atoms with E-state index in [1.807, 2.05) is 0 Å². The second-order valence-corrected chi connectivity index (χ2v) is 8.70. The van der Waals surface area contributed by atoms with Crippen LogP contribution in [0.25, 0.3) is 0 Å². The summed E-state index contributed by atoms with van der Waals surface area (Å²) in [5.74, 6) is 0.806. The van der Waals surface area contributed by atoms with E-state index < -0.39 is 0 Å². The lowest BCUT2D eigenvalue weighted by molar-refractivity contribution is -0.00506. The number of nitrogens with zero attached hydrogens (tertiary/aromatic N) is 1. The number of piperidine rings is 1. The standard InChI is InChI=1S/C19H35NO/c1-17-6-5-9-19(14-17,16-21)15-20-12-10-18(11-13-20)7-3-2-4-8-18/h17,21H,2-16H2,1H3. The SMILES string of the molecule is CC1CCCC(CO)(CN2CCC3(CCCCC3)CC2)C1. The summed E-state index contributed by atoms with van der Waals surface area (Å²) in [5, 5.41) is 10.0. The molecule has 0 amide bonds. The second-order valence-electron chi connectivity index (χ2n) is 8.70. The van der Waals surface area contributed by atoms with Crippen LogP contribution in [-0.2, 0) is 0 Å². The molecule has 1 spiro atoms. The number of aliphatic hydroxyl groups excluding tert-OH is 1. The van der Waals surface area contributed by atoms with Gasteiger partial charge in [0.25, 0.3) is 0 Å². The third-order valence-corrected chi connectivity index (χ3v) is 6.91. The molecule has 3 rings (SSSR count). The average molecular weight is 293 g/mol. The molecule has 2 atom stereocenters. The van der Waals surface area contributed by atoms with Crippen molar-refractivity contribution in [1.29, 1.82) is 0 Å². The highest BCUT2D eigenvalue weighted by Crippen LogP contribution is 2.46. The van der Waals surface area contributed by atoms with E-state index in [0.29, 0.717) is 12.0 Å². The minimum absolute atomic E-state index is 0.217. The van der Waals surface area contributed by atoms with E-state index in [1.54, 1.807) is 0 Å². The molecule has 2 aliphatic carbocycles. The quantitative estimate of drug-likeness (QED) is 0.842. The van der Waals surface area contributed by atoms with Crippen molar-refractivity contribution in [3.63, 3.8) is 0 Å². The lowest BCUT2D eigenvalue weighted by Gasteiger charge is -2.48. The molecule has 3 fully saturated rings. The predicted molar refractivity (Wildman–Crippen MR) is 88.3 cm³/mol. The van der Waals surface area contributed by atoms with Crippen molar-refractivity contribution in [3.05, 3.63) is 0 Å². The van der Waals surface area contributed by atoms with E-state index in [1.165, 1.54) is 83.7 Å². The van der Waals surface area contributed by atoms with E-state index in [9.17, 15) is 5.11 Å². The van der Waals surface area contributed by atoms with Gasteiger partial charge in [0.05, 0.1) is 0 Å². The zero-order chi connectivity index (χ0) is 14.8. The molecule has 3 aliphatic rings. The van der Waals surface area contributed by atoms with Crippen LogP contribution in [0, 0.1) is 16.7 Å². The van der Waals surface area contributed by atoms with Gasteiger partial charge in [-0.25, -0.2) is 0 Å². The fourth-order valence-electron chi connectivity index (χ4n) is 5.57. The molecular weight excluding hydrogens is 258 g/mol. The van der Waals surface area contributed by atoms with Gasteiger partial charge in [-0.2, -0.15) is 0 Å². The number of likely N-dealkylation sites (tertiary alicyclic amines) is 1. The topological polar surface area (TPSA) is 23.5 Å². The lowest BCUT2D eigenvalue weighted by Crippen LogP contribution is -2.48. The van der Waals surface area contributed by atoms with Crippen LogP contribution in [0.1, 0.15) is 77.6 Å². The highest BCUT2D eigenvalue weighted by Gasteiger charge is 2.40. The largest absolute Gasteiger partial charge is 0.396 e. The molecule has 0 bridgehead atoms. The maximum absolute atomic E-state index is 10.0. The Hall–Kier alpha value is -0.0800. The zero-order valence-corrected chi connectivity index (χ0v) is 14.1. The first-order valence-electron chi connectivity index (χ1n) is 9.49. The molecule has 0 aromatic heterocycles. The Labute approximate surface area is 131 Å². The van der Waals surface area contributed by atoms with Crippen LogP contribution < -0.4 is 0 Å². The summed E-state index contributed by atoms with van der Waals surface area (Å²) >= 11 is 0. The Kier molecular flexibility index (Phi) is 4.95. The van der Waals surface area contributed by atoms with Gasteiger partial charge in [0, 0.05) is 18.6 Å². The van der Waals surface area contributed by atoms with Crippen LogP contribution in [0.4, 0.5) is 0 Å². The molecule has 1 N–H and O–H groups in total. The van der Waals surface area contributed by atoms with Gasteiger partial charge in [0.1, 0.15) is 0 Å². The maximum atomic E-state index is 10.0. The molecule has 1 heterocycles. The lowest BCUT2D eigenvalue weighted by atomic mass is 9.67. The van der Waals surface area contributed by atoms with Gasteiger partial charge in [-0.1, -0.05) is 39.0 Å². The first-order chi connectivity index (χ1) is 10.2. The predicted octanol–water partition coefficient (Wildman–Crippen LogP) is 4.22. The fraction of sp³-hybridized carbons (Fsp3) is 1.00. The van der Waals surface area contributed by atoms with E-state index in [4.69, 9.17) is 0 Å². The van der Waals surface area contributed by atoms with E-state index in [2.05, 4.69) is 11.8 Å². The number of aliphatic hydroxyl groups is 1. The van der Waals surface area contributed by atoms with Crippen LogP contribution in [0.15, 0.2) is 0 Å². The minimum atomic E-state index is 0.217. The summed E-state index contributed by atoms with van der Waals surface area (Å²) in [7, 11) is 0. The van der Waals surface area contributed by atoms with Gasteiger partial charge < -0.3 is 10.0 Å². The first kappa shape index (κ1) is 15.8. The Morgan fingerprint density at radius 3 is 2.29 bits per heavy atom. The molecule has 2 unspecified atom stereocenters. The van der Waals surface area contributed by atoms with Crippen molar-refractivity contribution in [2.75, 3.05) is 26.2 Å². The van der Waals surface area contributed by atoms with Gasteiger partial charge in [0.2, 0.25) is 0 Å². The molecule has 0 aromatic carbocycles. The third-order valence-electron chi connectivity index (χ3n) is 6.91. The van der Waals surface area contributed by atoms with Crippen LogP contribution >= 0.6 is 0 Å². The van der Waals surface area contributed by atoms with Crippen LogP contribution in [0.5, 0.6) is 0 Å². The molecule has 2 saturated carbocycles. The summed E-state index contributed by atoms with van der Waals surface area (Å²) in [6.07, 6.45) is 15.4. The van der Waals surface area contributed by atoms with Crippen LogP contribution in [0.2, 0.25) is 0 Å². The van der Waals surface area contributed by atoms with Crippen molar-refractivity contribution < 1.29 is 5.11 Å². The summed E-state index contributed by atoms with van der Waals surface area (Å²) < 4.78 is 0. The van der Waals surface area contributed by atoms with E-state index in [-0.39, 0.29) is 5.41 Å². The Morgan fingerprint density at radius 2 is 1.67 bits per heavy atom. The Bertz CT molecular complexity index is 326. The molecular formula is C19H35NO. The van der Waals surface area contributed by atoms with Gasteiger partial charge in [-0.05, 0) is 62.9 Å². The van der Waals surface area contributed by atoms with Gasteiger partial charge in [-0.3, -0.25) is 0 Å². The van der Waals surface area contributed by atoms with Crippen molar-refractivity contribution >= 4 is 0 Å². The van der Waals surface area contributed by atoms with Crippen LogP contribution in [0.3, 0.4) is 0 Å². The summed E-state index contributed by atoms with van der Waals surface area (Å²) in [5.41, 5.74) is 0.926. The summed E-state index contributed by atoms with van der Waals surface area (Å²) in [6, 6.07) is 0. The van der Waals surface area contributed by atoms with Gasteiger partial charge in [-0.15, -0.1) is 0 Å². The highest BCUT2D eigenvalue weighted by molar-refractivity contribution is 4.92. The van der Waals surface area contributed by atoms with Crippen LogP contribution in [-0.4, -0.2) is 36.2 Å². The fourth-order valence-corrected chi connectivity index (χ4v) is 5.57. The first-order valence-corrected chi connectivity index (χ1v) is 9.49. The number of hydrogen-bond donors (Lipinski definition) is 1. The Balaban J connectivity index is 1.54. The molecule has 0 radical (unpaired) electrons. The monoisotopic (exact) mass is 293 g/mol. The van der Waals surface area contributed by atoms with Crippen molar-refractivity contribution in [2.24, 2.45) is 16.7 Å². The normalized spacial score (nSPS) is 37.7. The smallest absolute Gasteiger partial charge is 0.0499 e. The maximum Gasteiger partial charge on any atom is 0.0499 e. The molecule has 1 saturated heterocycles. The van der Waals surface area contributed by atoms with E-state index in [0.717, 1.165) is 12.5 Å². The average Bonchev–Trinajstić information content (AvgIpc) is 2.51. The number of rotatable bonds is 3. The minimum Gasteiger partial charge on any atom is -0.396 e. The molecule has 2 nitrogen and oxygen atoms in total. The van der Waals surface area contributed by atoms with Gasteiger partial charge in [0.15, 0.2) is 0 Å². The molecule has 21 heavy (non-hydrogen) atoms. The molecule has 0 aromatic rings. The van der Waals surface area contributed by atoms with E-state index >= 15 is 0 Å². The van der Waals surface area contributed by atoms with Crippen molar-refractivity contribution in [3.8, 4) is 0 Å². The number of hydrogen-bond acceptors (Lipinski definition) is 2. The van der Waals surface area contributed by atoms with Crippen molar-refractivity contribution in [1.82, 2.24) is 4.90 Å². The Morgan fingerprint density at radius 1 is 0.952 bits per heavy atom. The third kappa shape index (κ3) is 3.64. The highest BCUT2D eigenvalue weighted by atomic mass is 16.3. The van der Waals surface area contributed by atoms with Gasteiger partial charge >= 0.3 is 0 Å². The second kappa shape index (κ2) is 6.58. The molecule has 2 heteroatoms.